The van der Waals surface area contributed by atoms with Gasteiger partial charge >= 0.3 is 0 Å². The lowest BCUT2D eigenvalue weighted by atomic mass is 10.1. The summed E-state index contributed by atoms with van der Waals surface area (Å²) in [5.74, 6) is -2.65. The van der Waals surface area contributed by atoms with Crippen LogP contribution in [0.2, 0.25) is 5.02 Å². The molecule has 1 N–H and O–H groups in total. The summed E-state index contributed by atoms with van der Waals surface area (Å²) in [7, 11) is 1.37. The van der Waals surface area contributed by atoms with E-state index in [-0.39, 0.29) is 22.1 Å². The minimum atomic E-state index is -1.09. The summed E-state index contributed by atoms with van der Waals surface area (Å²) < 4.78 is 30.9. The predicted octanol–water partition coefficient (Wildman–Crippen LogP) is 4.23. The molecule has 0 aliphatic carbocycles. The highest BCUT2D eigenvalue weighted by atomic mass is 35.5. The first-order valence-electron chi connectivity index (χ1n) is 6.16. The van der Waals surface area contributed by atoms with E-state index in [0.29, 0.717) is 5.56 Å². The molecule has 0 heterocycles. The highest BCUT2D eigenvalue weighted by Gasteiger charge is 2.09. The SMILES string of the molecule is COc1cc(C=CC(=O)c2ccc(F)c(F)c2)cc(Cl)c1O. The Morgan fingerprint density at radius 1 is 1.23 bits per heavy atom. The van der Waals surface area contributed by atoms with Gasteiger partial charge in [0.25, 0.3) is 0 Å². The molecule has 0 unspecified atom stereocenters. The summed E-state index contributed by atoms with van der Waals surface area (Å²) in [6.07, 6.45) is 2.62. The van der Waals surface area contributed by atoms with Crippen LogP contribution in [0.1, 0.15) is 15.9 Å². The maximum atomic E-state index is 13.1. The van der Waals surface area contributed by atoms with Crippen molar-refractivity contribution in [3.8, 4) is 11.5 Å². The second-order valence-corrected chi connectivity index (χ2v) is 4.79. The van der Waals surface area contributed by atoms with Crippen LogP contribution in [0, 0.1) is 11.6 Å². The van der Waals surface area contributed by atoms with Gasteiger partial charge in [-0.2, -0.15) is 0 Å². The summed E-state index contributed by atoms with van der Waals surface area (Å²) >= 11 is 5.83. The molecule has 0 atom stereocenters. The molecule has 2 rings (SSSR count). The zero-order valence-electron chi connectivity index (χ0n) is 11.4. The van der Waals surface area contributed by atoms with Crippen molar-refractivity contribution in [1.82, 2.24) is 0 Å². The van der Waals surface area contributed by atoms with Crippen LogP contribution in [0.25, 0.3) is 6.08 Å². The van der Waals surface area contributed by atoms with Crippen molar-refractivity contribution in [2.24, 2.45) is 0 Å². The van der Waals surface area contributed by atoms with Crippen LogP contribution in [0.5, 0.6) is 11.5 Å². The third kappa shape index (κ3) is 3.43. The molecule has 3 nitrogen and oxygen atoms in total. The van der Waals surface area contributed by atoms with Gasteiger partial charge in [0.1, 0.15) is 0 Å². The summed E-state index contributed by atoms with van der Waals surface area (Å²) in [4.78, 5) is 11.9. The number of aromatic hydroxyl groups is 1. The number of ketones is 1. The molecule has 0 spiro atoms. The Balaban J connectivity index is 2.26. The average Bonchev–Trinajstić information content (AvgIpc) is 2.50. The molecule has 114 valence electrons. The third-order valence-corrected chi connectivity index (χ3v) is 3.19. The fourth-order valence-corrected chi connectivity index (χ4v) is 1.98. The fraction of sp³-hybridized carbons (Fsp3) is 0.0625. The number of benzene rings is 2. The van der Waals surface area contributed by atoms with Crippen LogP contribution < -0.4 is 4.74 Å². The van der Waals surface area contributed by atoms with Crippen molar-refractivity contribution < 1.29 is 23.4 Å². The van der Waals surface area contributed by atoms with E-state index in [2.05, 4.69) is 0 Å². The van der Waals surface area contributed by atoms with Crippen LogP contribution in [-0.4, -0.2) is 18.0 Å². The van der Waals surface area contributed by atoms with E-state index in [0.717, 1.165) is 12.1 Å². The third-order valence-electron chi connectivity index (χ3n) is 2.90. The lowest BCUT2D eigenvalue weighted by molar-refractivity contribution is 0.104. The zero-order chi connectivity index (χ0) is 16.3. The first kappa shape index (κ1) is 16.0. The quantitative estimate of drug-likeness (QED) is 0.676. The van der Waals surface area contributed by atoms with E-state index in [1.165, 1.54) is 37.5 Å². The lowest BCUT2D eigenvalue weighted by Gasteiger charge is -2.06. The minimum absolute atomic E-state index is 0.0204. The number of methoxy groups -OCH3 is 1. The molecule has 0 fully saturated rings. The number of carbonyl (C=O) groups excluding carboxylic acids is 1. The highest BCUT2D eigenvalue weighted by molar-refractivity contribution is 6.32. The second-order valence-electron chi connectivity index (χ2n) is 4.38. The number of phenols is 1. The van der Waals surface area contributed by atoms with Crippen LogP contribution >= 0.6 is 11.6 Å². The van der Waals surface area contributed by atoms with Crippen molar-refractivity contribution in [3.05, 3.63) is 64.2 Å². The summed E-state index contributed by atoms with van der Waals surface area (Å²) in [6, 6.07) is 5.82. The molecule has 0 aromatic heterocycles. The van der Waals surface area contributed by atoms with Crippen molar-refractivity contribution in [2.45, 2.75) is 0 Å². The normalized spacial score (nSPS) is 10.9. The zero-order valence-corrected chi connectivity index (χ0v) is 12.2. The van der Waals surface area contributed by atoms with E-state index in [1.807, 2.05) is 0 Å². The molecule has 0 bridgehead atoms. The van der Waals surface area contributed by atoms with Gasteiger partial charge in [0, 0.05) is 5.56 Å². The summed E-state index contributed by atoms with van der Waals surface area (Å²) in [5, 5.41) is 9.68. The van der Waals surface area contributed by atoms with Gasteiger partial charge in [0.05, 0.1) is 12.1 Å². The first-order chi connectivity index (χ1) is 10.4. The molecule has 0 aliphatic rings. The summed E-state index contributed by atoms with van der Waals surface area (Å²) in [6.45, 7) is 0. The smallest absolute Gasteiger partial charge is 0.185 e. The molecule has 0 amide bonds. The van der Waals surface area contributed by atoms with Crippen molar-refractivity contribution in [3.63, 3.8) is 0 Å². The lowest BCUT2D eigenvalue weighted by Crippen LogP contribution is -1.96. The van der Waals surface area contributed by atoms with Gasteiger partial charge in [0.15, 0.2) is 28.9 Å². The molecule has 0 aliphatic heterocycles. The largest absolute Gasteiger partial charge is 0.503 e. The number of ether oxygens (including phenoxy) is 1. The summed E-state index contributed by atoms with van der Waals surface area (Å²) in [5.41, 5.74) is 0.530. The number of hydrogen-bond donors (Lipinski definition) is 1. The first-order valence-corrected chi connectivity index (χ1v) is 6.54. The van der Waals surface area contributed by atoms with Crippen molar-refractivity contribution in [2.75, 3.05) is 7.11 Å². The maximum Gasteiger partial charge on any atom is 0.185 e. The van der Waals surface area contributed by atoms with Gasteiger partial charge in [-0.3, -0.25) is 4.79 Å². The van der Waals surface area contributed by atoms with Crippen molar-refractivity contribution >= 4 is 23.5 Å². The van der Waals surface area contributed by atoms with Gasteiger partial charge in [-0.15, -0.1) is 0 Å². The number of hydrogen-bond acceptors (Lipinski definition) is 3. The molecular formula is C16H11ClF2O3. The molecule has 2 aromatic rings. The average molecular weight is 325 g/mol. The number of rotatable bonds is 4. The molecule has 6 heteroatoms. The molecule has 0 saturated carbocycles. The Kier molecular flexibility index (Phi) is 4.78. The van der Waals surface area contributed by atoms with E-state index in [4.69, 9.17) is 16.3 Å². The van der Waals surface area contributed by atoms with E-state index < -0.39 is 17.4 Å². The topological polar surface area (TPSA) is 46.5 Å². The van der Waals surface area contributed by atoms with E-state index >= 15 is 0 Å². The van der Waals surface area contributed by atoms with Crippen LogP contribution in [0.4, 0.5) is 8.78 Å². The monoisotopic (exact) mass is 324 g/mol. The number of allylic oxidation sites excluding steroid dienone is 1. The Morgan fingerprint density at radius 2 is 1.95 bits per heavy atom. The van der Waals surface area contributed by atoms with Gasteiger partial charge < -0.3 is 9.84 Å². The van der Waals surface area contributed by atoms with Gasteiger partial charge in [-0.05, 0) is 42.0 Å². The number of halogens is 3. The Bertz CT molecular complexity index is 757. The van der Waals surface area contributed by atoms with E-state index in [1.54, 1.807) is 0 Å². The molecule has 22 heavy (non-hydrogen) atoms. The van der Waals surface area contributed by atoms with Gasteiger partial charge in [-0.25, -0.2) is 8.78 Å². The standard InChI is InChI=1S/C16H11ClF2O3/c1-22-15-7-9(6-11(17)16(15)21)2-5-14(20)10-3-4-12(18)13(19)8-10/h2-8,21H,1H3. The Morgan fingerprint density at radius 3 is 2.59 bits per heavy atom. The van der Waals surface area contributed by atoms with Crippen LogP contribution in [0.15, 0.2) is 36.4 Å². The van der Waals surface area contributed by atoms with Gasteiger partial charge in [-0.1, -0.05) is 17.7 Å². The molecule has 0 radical (unpaired) electrons. The Labute approximate surface area is 130 Å². The predicted molar refractivity (Wildman–Crippen MR) is 79.4 cm³/mol. The van der Waals surface area contributed by atoms with Crippen molar-refractivity contribution in [1.29, 1.82) is 0 Å². The second kappa shape index (κ2) is 6.58. The molecule has 0 saturated heterocycles. The van der Waals surface area contributed by atoms with Gasteiger partial charge in [0.2, 0.25) is 0 Å². The van der Waals surface area contributed by atoms with Crippen LogP contribution in [0.3, 0.4) is 0 Å². The highest BCUT2D eigenvalue weighted by Crippen LogP contribution is 2.35. The maximum absolute atomic E-state index is 13.1. The molecule has 2 aromatic carbocycles. The van der Waals surface area contributed by atoms with Crippen LogP contribution in [-0.2, 0) is 0 Å². The molecular weight excluding hydrogens is 314 g/mol. The number of carbonyl (C=O) groups is 1. The fourth-order valence-electron chi connectivity index (χ4n) is 1.76. The Hall–Kier alpha value is -2.40. The number of phenolic OH excluding ortho intramolecular Hbond substituents is 1. The van der Waals surface area contributed by atoms with E-state index in [9.17, 15) is 18.7 Å². The minimum Gasteiger partial charge on any atom is -0.503 e.